The van der Waals surface area contributed by atoms with Crippen molar-refractivity contribution in [2.24, 2.45) is 0 Å². The van der Waals surface area contributed by atoms with Crippen molar-refractivity contribution in [3.05, 3.63) is 0 Å². The van der Waals surface area contributed by atoms with Gasteiger partial charge in [-0.3, -0.25) is 4.79 Å². The monoisotopic (exact) mass is 194 g/mol. The molecular weight excluding hydrogens is 180 g/mol. The Labute approximate surface area is 72.5 Å². The van der Waals surface area contributed by atoms with E-state index in [1.165, 1.54) is 13.8 Å². The van der Waals surface area contributed by atoms with Crippen molar-refractivity contribution < 1.29 is 18.3 Å². The molecule has 0 aliphatic rings. The van der Waals surface area contributed by atoms with Crippen molar-refractivity contribution in [2.45, 2.75) is 37.7 Å². The highest BCUT2D eigenvalue weighted by Gasteiger charge is 2.31. The highest BCUT2D eigenvalue weighted by atomic mass is 32.2. The van der Waals surface area contributed by atoms with E-state index >= 15 is 0 Å². The third kappa shape index (κ3) is 2.20. The molecule has 0 spiro atoms. The van der Waals surface area contributed by atoms with Crippen LogP contribution in [-0.4, -0.2) is 30.0 Å². The fourth-order valence-electron chi connectivity index (χ4n) is 0.721. The van der Waals surface area contributed by atoms with Crippen LogP contribution in [0.25, 0.3) is 0 Å². The summed E-state index contributed by atoms with van der Waals surface area (Å²) in [4.78, 5) is 10.4. The summed E-state index contributed by atoms with van der Waals surface area (Å²) < 4.78 is 22.6. The molecule has 0 aliphatic heterocycles. The zero-order chi connectivity index (χ0) is 9.94. The lowest BCUT2D eigenvalue weighted by molar-refractivity contribution is -0.136. The minimum atomic E-state index is -3.49. The molecule has 0 heterocycles. The maximum absolute atomic E-state index is 11.3. The SMILES string of the molecule is CCC(C)S(=O)(=O)C(C)C(=O)O. The van der Waals surface area contributed by atoms with Gasteiger partial charge in [0.15, 0.2) is 15.1 Å². The van der Waals surface area contributed by atoms with E-state index in [-0.39, 0.29) is 0 Å². The molecule has 0 fully saturated rings. The number of carboxylic acid groups (broad SMARTS) is 1. The molecule has 1 N–H and O–H groups in total. The van der Waals surface area contributed by atoms with E-state index in [0.717, 1.165) is 0 Å². The Kier molecular flexibility index (Phi) is 3.70. The van der Waals surface area contributed by atoms with Gasteiger partial charge in [-0.25, -0.2) is 8.42 Å². The molecule has 0 rings (SSSR count). The van der Waals surface area contributed by atoms with Crippen LogP contribution in [0, 0.1) is 0 Å². The normalized spacial score (nSPS) is 16.9. The van der Waals surface area contributed by atoms with E-state index < -0.39 is 26.3 Å². The molecule has 0 saturated carbocycles. The standard InChI is InChI=1S/C7H14O4S/c1-4-5(2)12(10,11)6(3)7(8)9/h5-6H,4H2,1-3H3,(H,8,9). The number of carboxylic acids is 1. The van der Waals surface area contributed by atoms with Crippen molar-refractivity contribution in [2.75, 3.05) is 0 Å². The van der Waals surface area contributed by atoms with Crippen LogP contribution in [0.15, 0.2) is 0 Å². The lowest BCUT2D eigenvalue weighted by Gasteiger charge is -2.13. The van der Waals surface area contributed by atoms with Gasteiger partial charge in [0, 0.05) is 0 Å². The Bertz CT molecular complexity index is 255. The van der Waals surface area contributed by atoms with Gasteiger partial charge in [-0.1, -0.05) is 6.92 Å². The lowest BCUT2D eigenvalue weighted by Crippen LogP contribution is -2.33. The van der Waals surface area contributed by atoms with Gasteiger partial charge in [0.05, 0.1) is 5.25 Å². The summed E-state index contributed by atoms with van der Waals surface area (Å²) in [6.45, 7) is 4.44. The Morgan fingerprint density at radius 3 is 2.08 bits per heavy atom. The predicted octanol–water partition coefficient (Wildman–Crippen LogP) is 0.673. The molecule has 2 atom stereocenters. The number of hydrogen-bond acceptors (Lipinski definition) is 3. The molecule has 0 aromatic carbocycles. The molecule has 0 bridgehead atoms. The number of hydrogen-bond donors (Lipinski definition) is 1. The molecule has 0 amide bonds. The smallest absolute Gasteiger partial charge is 0.321 e. The topological polar surface area (TPSA) is 71.4 Å². The fraction of sp³-hybridized carbons (Fsp3) is 0.857. The van der Waals surface area contributed by atoms with Gasteiger partial charge < -0.3 is 5.11 Å². The van der Waals surface area contributed by atoms with Crippen LogP contribution in [0.3, 0.4) is 0 Å². The first-order chi connectivity index (χ1) is 5.34. The second-order valence-electron chi connectivity index (χ2n) is 2.79. The van der Waals surface area contributed by atoms with Crippen molar-refractivity contribution >= 4 is 15.8 Å². The molecule has 72 valence electrons. The maximum Gasteiger partial charge on any atom is 0.321 e. The van der Waals surface area contributed by atoms with E-state index in [0.29, 0.717) is 6.42 Å². The number of sulfone groups is 1. The molecule has 4 nitrogen and oxygen atoms in total. The Morgan fingerprint density at radius 2 is 1.83 bits per heavy atom. The maximum atomic E-state index is 11.3. The summed E-state index contributed by atoms with van der Waals surface area (Å²) in [7, 11) is -3.49. The second kappa shape index (κ2) is 3.89. The average molecular weight is 194 g/mol. The third-order valence-corrected chi connectivity index (χ3v) is 4.62. The van der Waals surface area contributed by atoms with Crippen LogP contribution in [0.4, 0.5) is 0 Å². The van der Waals surface area contributed by atoms with Crippen LogP contribution in [0.1, 0.15) is 27.2 Å². The average Bonchev–Trinajstić information content (AvgIpc) is 2.01. The summed E-state index contributed by atoms with van der Waals surface area (Å²) in [5, 5.41) is 6.60. The first kappa shape index (κ1) is 11.4. The molecule has 12 heavy (non-hydrogen) atoms. The quantitative estimate of drug-likeness (QED) is 0.714. The fourth-order valence-corrected chi connectivity index (χ4v) is 2.16. The van der Waals surface area contributed by atoms with Gasteiger partial charge in [0.25, 0.3) is 0 Å². The lowest BCUT2D eigenvalue weighted by atomic mass is 10.4. The van der Waals surface area contributed by atoms with Crippen molar-refractivity contribution in [1.82, 2.24) is 0 Å². The van der Waals surface area contributed by atoms with E-state index in [9.17, 15) is 13.2 Å². The van der Waals surface area contributed by atoms with Crippen molar-refractivity contribution in [1.29, 1.82) is 0 Å². The minimum Gasteiger partial charge on any atom is -0.480 e. The van der Waals surface area contributed by atoms with Gasteiger partial charge in [-0.05, 0) is 20.3 Å². The number of rotatable bonds is 4. The summed E-state index contributed by atoms with van der Waals surface area (Å²) in [6.07, 6.45) is 0.444. The molecule has 0 aliphatic carbocycles. The van der Waals surface area contributed by atoms with E-state index in [1.54, 1.807) is 6.92 Å². The van der Waals surface area contributed by atoms with Crippen LogP contribution in [0.2, 0.25) is 0 Å². The zero-order valence-corrected chi connectivity index (χ0v) is 8.26. The summed E-state index contributed by atoms with van der Waals surface area (Å²) in [5.74, 6) is -1.28. The first-order valence-electron chi connectivity index (χ1n) is 3.79. The van der Waals surface area contributed by atoms with E-state index in [2.05, 4.69) is 0 Å². The largest absolute Gasteiger partial charge is 0.480 e. The molecule has 2 unspecified atom stereocenters. The highest BCUT2D eigenvalue weighted by molar-refractivity contribution is 7.93. The number of aliphatic carboxylic acids is 1. The predicted molar refractivity (Wildman–Crippen MR) is 45.8 cm³/mol. The second-order valence-corrected chi connectivity index (χ2v) is 5.48. The van der Waals surface area contributed by atoms with Crippen molar-refractivity contribution in [3.63, 3.8) is 0 Å². The summed E-state index contributed by atoms with van der Waals surface area (Å²) in [5.41, 5.74) is 0. The van der Waals surface area contributed by atoms with Gasteiger partial charge in [0.2, 0.25) is 0 Å². The zero-order valence-electron chi connectivity index (χ0n) is 7.44. The van der Waals surface area contributed by atoms with E-state index in [4.69, 9.17) is 5.11 Å². The molecule has 0 aromatic heterocycles. The molecule has 0 saturated heterocycles. The Morgan fingerprint density at radius 1 is 1.42 bits per heavy atom. The summed E-state index contributed by atoms with van der Waals surface area (Å²) in [6, 6.07) is 0. The van der Waals surface area contributed by atoms with Gasteiger partial charge in [0.1, 0.15) is 0 Å². The van der Waals surface area contributed by atoms with Crippen LogP contribution in [-0.2, 0) is 14.6 Å². The van der Waals surface area contributed by atoms with E-state index in [1.807, 2.05) is 0 Å². The van der Waals surface area contributed by atoms with Crippen molar-refractivity contribution in [3.8, 4) is 0 Å². The third-order valence-electron chi connectivity index (χ3n) is 1.98. The first-order valence-corrected chi connectivity index (χ1v) is 5.40. The van der Waals surface area contributed by atoms with Crippen LogP contribution < -0.4 is 0 Å². The van der Waals surface area contributed by atoms with Crippen LogP contribution >= 0.6 is 0 Å². The molecule has 5 heteroatoms. The van der Waals surface area contributed by atoms with Crippen LogP contribution in [0.5, 0.6) is 0 Å². The van der Waals surface area contributed by atoms with Gasteiger partial charge in [-0.2, -0.15) is 0 Å². The Hall–Kier alpha value is -0.580. The molecule has 0 radical (unpaired) electrons. The summed E-state index contributed by atoms with van der Waals surface area (Å²) >= 11 is 0. The highest BCUT2D eigenvalue weighted by Crippen LogP contribution is 2.12. The molecular formula is C7H14O4S. The number of carbonyl (C=O) groups is 1. The van der Waals surface area contributed by atoms with Gasteiger partial charge >= 0.3 is 5.97 Å². The Balaban J connectivity index is 4.74. The molecule has 0 aromatic rings. The minimum absolute atomic E-state index is 0.444. The van der Waals surface area contributed by atoms with Gasteiger partial charge in [-0.15, -0.1) is 0 Å².